The van der Waals surface area contributed by atoms with E-state index in [4.69, 9.17) is 0 Å². The van der Waals surface area contributed by atoms with Crippen LogP contribution < -0.4 is 10.6 Å². The molecule has 28 heavy (non-hydrogen) atoms. The topological polar surface area (TPSA) is 98.7 Å². The van der Waals surface area contributed by atoms with Crippen LogP contribution in [0.15, 0.2) is 30.9 Å². The lowest BCUT2D eigenvalue weighted by Gasteiger charge is -2.44. The molecule has 7 nitrogen and oxygen atoms in total. The molecule has 148 valence electrons. The van der Waals surface area contributed by atoms with Crippen molar-refractivity contribution >= 4 is 23.4 Å². The van der Waals surface area contributed by atoms with E-state index in [9.17, 15) is 19.5 Å². The summed E-state index contributed by atoms with van der Waals surface area (Å²) in [6.07, 6.45) is 3.32. The molecule has 7 heteroatoms. The van der Waals surface area contributed by atoms with Crippen LogP contribution in [-0.4, -0.2) is 46.4 Å². The molecule has 0 aliphatic carbocycles. The third-order valence-electron chi connectivity index (χ3n) is 6.67. The van der Waals surface area contributed by atoms with Gasteiger partial charge in [-0.3, -0.25) is 14.4 Å². The largest absolute Gasteiger partial charge is 0.508 e. The summed E-state index contributed by atoms with van der Waals surface area (Å²) < 4.78 is 0. The van der Waals surface area contributed by atoms with Crippen molar-refractivity contribution in [1.82, 2.24) is 10.2 Å². The van der Waals surface area contributed by atoms with Crippen molar-refractivity contribution < 1.29 is 19.5 Å². The Bertz CT molecular complexity index is 894. The molecule has 0 spiro atoms. The highest BCUT2D eigenvalue weighted by Crippen LogP contribution is 2.53. The maximum absolute atomic E-state index is 13.3. The van der Waals surface area contributed by atoms with E-state index in [1.165, 1.54) is 12.1 Å². The highest BCUT2D eigenvalue weighted by molar-refractivity contribution is 6.08. The Balaban J connectivity index is 1.79. The van der Waals surface area contributed by atoms with Crippen LogP contribution in [0.2, 0.25) is 0 Å². The van der Waals surface area contributed by atoms with Crippen LogP contribution in [0.4, 0.5) is 5.69 Å². The molecule has 3 aliphatic rings. The van der Waals surface area contributed by atoms with Gasteiger partial charge in [0.05, 0.1) is 5.41 Å². The van der Waals surface area contributed by atoms with Gasteiger partial charge in [-0.15, -0.1) is 6.58 Å². The van der Waals surface area contributed by atoms with Gasteiger partial charge in [-0.1, -0.05) is 26.0 Å². The molecular formula is C21H25N3O4. The van der Waals surface area contributed by atoms with Crippen molar-refractivity contribution in [2.24, 2.45) is 5.41 Å². The minimum atomic E-state index is -1.10. The number of nitrogens with one attached hydrogen (secondary N) is 2. The van der Waals surface area contributed by atoms with Crippen LogP contribution in [0.5, 0.6) is 5.75 Å². The summed E-state index contributed by atoms with van der Waals surface area (Å²) in [4.78, 5) is 40.5. The van der Waals surface area contributed by atoms with Crippen LogP contribution in [0.3, 0.4) is 0 Å². The van der Waals surface area contributed by atoms with Gasteiger partial charge in [0.25, 0.3) is 0 Å². The monoisotopic (exact) mass is 383 g/mol. The summed E-state index contributed by atoms with van der Waals surface area (Å²) >= 11 is 0. The zero-order chi connectivity index (χ0) is 20.3. The molecule has 3 heterocycles. The number of piperazine rings is 1. The zero-order valence-electron chi connectivity index (χ0n) is 16.1. The Labute approximate surface area is 163 Å². The summed E-state index contributed by atoms with van der Waals surface area (Å²) in [6, 6.07) is 3.57. The number of carbonyl (C=O) groups excluding carboxylic acids is 3. The van der Waals surface area contributed by atoms with Gasteiger partial charge >= 0.3 is 0 Å². The molecule has 0 bridgehead atoms. The number of amides is 3. The summed E-state index contributed by atoms with van der Waals surface area (Å²) in [5.41, 5.74) is -0.580. The number of phenolic OH excluding ortho intramolecular Hbond substituents is 1. The molecule has 0 unspecified atom stereocenters. The van der Waals surface area contributed by atoms with E-state index in [0.717, 1.165) is 6.42 Å². The van der Waals surface area contributed by atoms with Gasteiger partial charge in [-0.05, 0) is 30.9 Å². The Kier molecular flexibility index (Phi) is 4.03. The van der Waals surface area contributed by atoms with E-state index in [0.29, 0.717) is 24.2 Å². The van der Waals surface area contributed by atoms with Crippen molar-refractivity contribution in [1.29, 1.82) is 0 Å². The third kappa shape index (κ3) is 2.38. The smallest absolute Gasteiger partial charge is 0.245 e. The van der Waals surface area contributed by atoms with Gasteiger partial charge < -0.3 is 20.6 Å². The van der Waals surface area contributed by atoms with Crippen LogP contribution in [0, 0.1) is 5.41 Å². The summed E-state index contributed by atoms with van der Waals surface area (Å²) in [6.45, 7) is 8.28. The van der Waals surface area contributed by atoms with E-state index in [1.807, 2.05) is 13.8 Å². The molecule has 2 saturated heterocycles. The zero-order valence-corrected chi connectivity index (χ0v) is 16.1. The average Bonchev–Trinajstić information content (AvgIpc) is 3.23. The lowest BCUT2D eigenvalue weighted by Crippen LogP contribution is -2.63. The fraction of sp³-hybridized carbons (Fsp3) is 0.476. The number of phenols is 1. The fourth-order valence-corrected chi connectivity index (χ4v) is 4.92. The summed E-state index contributed by atoms with van der Waals surface area (Å²) in [5, 5.41) is 15.5. The highest BCUT2D eigenvalue weighted by Gasteiger charge is 2.58. The quantitative estimate of drug-likeness (QED) is 0.544. The van der Waals surface area contributed by atoms with Gasteiger partial charge in [-0.2, -0.15) is 0 Å². The van der Waals surface area contributed by atoms with Crippen LogP contribution in [0.1, 0.15) is 38.7 Å². The molecule has 4 rings (SSSR count). The van der Waals surface area contributed by atoms with Crippen molar-refractivity contribution in [2.75, 3.05) is 11.9 Å². The van der Waals surface area contributed by atoms with E-state index in [1.54, 1.807) is 17.0 Å². The predicted octanol–water partition coefficient (Wildman–Crippen LogP) is 1.67. The number of carbonyl (C=O) groups is 3. The second-order valence-corrected chi connectivity index (χ2v) is 8.47. The first-order valence-electron chi connectivity index (χ1n) is 9.61. The molecule has 3 amide bonds. The highest BCUT2D eigenvalue weighted by atomic mass is 16.3. The lowest BCUT2D eigenvalue weighted by atomic mass is 9.59. The fourth-order valence-electron chi connectivity index (χ4n) is 4.92. The number of allylic oxidation sites excluding steroid dienone is 1. The molecule has 0 aromatic heterocycles. The lowest BCUT2D eigenvalue weighted by molar-refractivity contribution is -0.148. The number of anilines is 1. The second kappa shape index (κ2) is 6.09. The predicted molar refractivity (Wildman–Crippen MR) is 104 cm³/mol. The number of nitrogens with zero attached hydrogens (tertiary/aromatic N) is 1. The number of fused-ring (bicyclic) bond motifs is 2. The normalized spacial score (nSPS) is 29.2. The van der Waals surface area contributed by atoms with Crippen molar-refractivity contribution in [3.63, 3.8) is 0 Å². The molecule has 0 radical (unpaired) electrons. The number of hydrogen-bond acceptors (Lipinski definition) is 4. The molecule has 3 atom stereocenters. The van der Waals surface area contributed by atoms with E-state index < -0.39 is 22.9 Å². The number of rotatable bonds is 4. The maximum atomic E-state index is 13.3. The molecule has 1 aromatic carbocycles. The molecule has 2 fully saturated rings. The van der Waals surface area contributed by atoms with Gasteiger partial charge in [0.1, 0.15) is 17.8 Å². The Morgan fingerprint density at radius 2 is 2.11 bits per heavy atom. The van der Waals surface area contributed by atoms with Crippen LogP contribution in [-0.2, 0) is 19.8 Å². The molecule has 3 N–H and O–H groups in total. The third-order valence-corrected chi connectivity index (χ3v) is 6.67. The average molecular weight is 383 g/mol. The first-order valence-corrected chi connectivity index (χ1v) is 9.61. The van der Waals surface area contributed by atoms with Crippen molar-refractivity contribution in [2.45, 2.75) is 50.6 Å². The van der Waals surface area contributed by atoms with Crippen LogP contribution in [0.25, 0.3) is 0 Å². The van der Waals surface area contributed by atoms with Crippen molar-refractivity contribution in [3.8, 4) is 5.75 Å². The molecular weight excluding hydrogens is 358 g/mol. The molecule has 3 aliphatic heterocycles. The van der Waals surface area contributed by atoms with Gasteiger partial charge in [0.2, 0.25) is 17.7 Å². The number of aromatic hydroxyl groups is 1. The van der Waals surface area contributed by atoms with E-state index >= 15 is 0 Å². The van der Waals surface area contributed by atoms with Crippen molar-refractivity contribution in [3.05, 3.63) is 36.4 Å². The minimum absolute atomic E-state index is 0.0493. The standard InChI is InChI=1S/C21H25N3O4/c1-4-20(2,3)21(13-8-7-12(25)10-14(13)23-19(21)28)11-15-18(27)24-9-5-6-16(24)17(26)22-15/h4,7-8,10,15-16,25H,1,5-6,9,11H2,2-3H3,(H,22,26)(H,23,28)/t15-,16-,21-/m0/s1/i17+1,24-1. The summed E-state index contributed by atoms with van der Waals surface area (Å²) in [5.74, 6) is -0.504. The molecule has 0 saturated carbocycles. The maximum Gasteiger partial charge on any atom is 0.245 e. The first-order chi connectivity index (χ1) is 13.2. The first kappa shape index (κ1) is 18.5. The Hall–Kier alpha value is -2.83. The second-order valence-electron chi connectivity index (χ2n) is 8.47. The minimum Gasteiger partial charge on any atom is -0.508 e. The number of hydrogen-bond donors (Lipinski definition) is 3. The van der Waals surface area contributed by atoms with E-state index in [-0.39, 0.29) is 29.9 Å². The SMILES string of the molecule is C=CC(C)(C)[C@]1(C[C@@H]2N[13C](=O)[C@@H]3CCC[13N]3C2=O)C(=O)Nc2cc(O)ccc21. The Morgan fingerprint density at radius 3 is 2.82 bits per heavy atom. The Morgan fingerprint density at radius 1 is 1.36 bits per heavy atom. The summed E-state index contributed by atoms with van der Waals surface area (Å²) in [7, 11) is 0. The number of benzene rings is 1. The van der Waals surface area contributed by atoms with Gasteiger partial charge in [0.15, 0.2) is 0 Å². The molecule has 1 aromatic rings. The van der Waals surface area contributed by atoms with Gasteiger partial charge in [-0.25, -0.2) is 0 Å². The van der Waals surface area contributed by atoms with Crippen LogP contribution >= 0.6 is 0 Å². The van der Waals surface area contributed by atoms with Gasteiger partial charge in [0, 0.05) is 23.7 Å². The van der Waals surface area contributed by atoms with E-state index in [2.05, 4.69) is 17.2 Å².